The molecule has 1 amide bonds. The monoisotopic (exact) mass is 536 g/mol. The molecule has 6 nitrogen and oxygen atoms in total. The van der Waals surface area contributed by atoms with Crippen LogP contribution >= 0.6 is 0 Å². The summed E-state index contributed by atoms with van der Waals surface area (Å²) in [5.74, 6) is -0.537. The van der Waals surface area contributed by atoms with Crippen molar-refractivity contribution >= 4 is 17.5 Å². The van der Waals surface area contributed by atoms with E-state index >= 15 is 0 Å². The van der Waals surface area contributed by atoms with Gasteiger partial charge in [-0.05, 0) is 91.4 Å². The molecule has 0 aromatic carbocycles. The molecule has 2 N–H and O–H groups in total. The van der Waals surface area contributed by atoms with Gasteiger partial charge in [-0.15, -0.1) is 0 Å². The van der Waals surface area contributed by atoms with Crippen molar-refractivity contribution in [3.8, 4) is 6.07 Å². The molecule has 0 aromatic rings. The molecule has 8 atom stereocenters. The van der Waals surface area contributed by atoms with E-state index in [4.69, 9.17) is 0 Å². The van der Waals surface area contributed by atoms with Gasteiger partial charge < -0.3 is 10.4 Å². The van der Waals surface area contributed by atoms with Gasteiger partial charge in [0.05, 0.1) is 5.41 Å². The highest BCUT2D eigenvalue weighted by molar-refractivity contribution is 5.98. The maximum atomic E-state index is 14.5. The number of nitrogens with zero attached hydrogens (tertiary/aromatic N) is 1. The first-order chi connectivity index (χ1) is 17.9. The molecule has 0 heterocycles. The van der Waals surface area contributed by atoms with Crippen LogP contribution in [0.4, 0.5) is 0 Å². The highest BCUT2D eigenvalue weighted by atomic mass is 16.3. The average molecular weight is 537 g/mol. The van der Waals surface area contributed by atoms with Gasteiger partial charge in [-0.25, -0.2) is 0 Å². The molecule has 0 aliphatic heterocycles. The van der Waals surface area contributed by atoms with Crippen molar-refractivity contribution in [2.45, 2.75) is 112 Å². The van der Waals surface area contributed by atoms with E-state index in [2.05, 4.69) is 39.9 Å². The number of nitrogens with one attached hydrogen (secondary N) is 1. The van der Waals surface area contributed by atoms with Crippen LogP contribution in [0.2, 0.25) is 0 Å². The van der Waals surface area contributed by atoms with Crippen molar-refractivity contribution in [3.63, 3.8) is 0 Å². The van der Waals surface area contributed by atoms with Crippen molar-refractivity contribution in [3.05, 3.63) is 11.6 Å². The number of hydrogen-bond acceptors (Lipinski definition) is 5. The number of carbonyl (C=O) groups excluding carboxylic acids is 3. The minimum Gasteiger partial charge on any atom is -0.369 e. The first-order valence-corrected chi connectivity index (χ1v) is 15.1. The number of amides is 1. The first-order valence-electron chi connectivity index (χ1n) is 15.1. The van der Waals surface area contributed by atoms with Gasteiger partial charge in [0.25, 0.3) is 0 Å². The van der Waals surface area contributed by atoms with Crippen LogP contribution in [0, 0.1) is 61.6 Å². The fourth-order valence-electron chi connectivity index (χ4n) is 11.0. The summed E-state index contributed by atoms with van der Waals surface area (Å²) in [5.41, 5.74) is -3.73. The number of allylic oxidation sites excluding steroid dienone is 2. The SMILES string of the molecule is CCNC(=O)[C@]12CCC(C)(C)CC1C1C(=O)C=C3[C@@]4(C)C[C@](O)(C#N)C(=O)C(C)(C)[C@@H]4CC[C@@]3(C)[C@]1(C)CC2. The zero-order valence-electron chi connectivity index (χ0n) is 25.3. The highest BCUT2D eigenvalue weighted by Crippen LogP contribution is 2.75. The largest absolute Gasteiger partial charge is 0.369 e. The zero-order valence-corrected chi connectivity index (χ0v) is 25.3. The number of fused-ring (bicyclic) bond motifs is 7. The maximum absolute atomic E-state index is 14.5. The Labute approximate surface area is 234 Å². The summed E-state index contributed by atoms with van der Waals surface area (Å²) < 4.78 is 0. The normalized spacial score (nSPS) is 47.9. The Morgan fingerprint density at radius 1 is 1.05 bits per heavy atom. The Morgan fingerprint density at radius 2 is 1.69 bits per heavy atom. The Bertz CT molecular complexity index is 1210. The number of hydrogen-bond donors (Lipinski definition) is 2. The van der Waals surface area contributed by atoms with Gasteiger partial charge in [-0.1, -0.05) is 54.0 Å². The Hall–Kier alpha value is -2.00. The van der Waals surface area contributed by atoms with Gasteiger partial charge in [0.1, 0.15) is 6.07 Å². The fourth-order valence-corrected chi connectivity index (χ4v) is 11.0. The van der Waals surface area contributed by atoms with E-state index in [0.29, 0.717) is 6.54 Å². The molecule has 214 valence electrons. The molecule has 2 unspecified atom stereocenters. The van der Waals surface area contributed by atoms with Crippen molar-refractivity contribution in [2.75, 3.05) is 6.54 Å². The quantitative estimate of drug-likeness (QED) is 0.451. The van der Waals surface area contributed by atoms with Crippen molar-refractivity contribution in [1.29, 1.82) is 5.26 Å². The van der Waals surface area contributed by atoms with Crippen LogP contribution in [0.1, 0.15) is 107 Å². The Kier molecular flexibility index (Phi) is 6.05. The van der Waals surface area contributed by atoms with Crippen LogP contribution in [-0.4, -0.2) is 34.7 Å². The third kappa shape index (κ3) is 3.44. The van der Waals surface area contributed by atoms with Gasteiger partial charge in [0.15, 0.2) is 11.6 Å². The van der Waals surface area contributed by atoms with Gasteiger partial charge >= 0.3 is 0 Å². The minimum absolute atomic E-state index is 0.0260. The van der Waals surface area contributed by atoms with E-state index in [1.54, 1.807) is 0 Å². The van der Waals surface area contributed by atoms with Crippen molar-refractivity contribution in [1.82, 2.24) is 5.32 Å². The predicted molar refractivity (Wildman–Crippen MR) is 149 cm³/mol. The van der Waals surface area contributed by atoms with E-state index in [0.717, 1.165) is 50.5 Å². The van der Waals surface area contributed by atoms with E-state index in [9.17, 15) is 24.8 Å². The molecule has 0 bridgehead atoms. The summed E-state index contributed by atoms with van der Waals surface area (Å²) in [5, 5.41) is 24.4. The molecule has 0 spiro atoms. The molecule has 5 aliphatic carbocycles. The van der Waals surface area contributed by atoms with E-state index in [-0.39, 0.29) is 52.1 Å². The molecule has 4 saturated carbocycles. The minimum atomic E-state index is -2.07. The third-order valence-corrected chi connectivity index (χ3v) is 13.1. The molecule has 39 heavy (non-hydrogen) atoms. The lowest BCUT2D eigenvalue weighted by atomic mass is 9.33. The van der Waals surface area contributed by atoms with Crippen LogP contribution in [0.5, 0.6) is 0 Å². The maximum Gasteiger partial charge on any atom is 0.226 e. The second-order valence-corrected chi connectivity index (χ2v) is 15.9. The highest BCUT2D eigenvalue weighted by Gasteiger charge is 2.72. The average Bonchev–Trinajstić information content (AvgIpc) is 2.84. The summed E-state index contributed by atoms with van der Waals surface area (Å²) in [6.45, 7) is 17.5. The molecule has 0 aromatic heterocycles. The zero-order chi connectivity index (χ0) is 29.0. The smallest absolute Gasteiger partial charge is 0.226 e. The summed E-state index contributed by atoms with van der Waals surface area (Å²) in [6, 6.07) is 1.95. The van der Waals surface area contributed by atoms with Gasteiger partial charge in [-0.2, -0.15) is 5.26 Å². The topological polar surface area (TPSA) is 107 Å². The summed E-state index contributed by atoms with van der Waals surface area (Å²) in [6.07, 6.45) is 7.75. The predicted octanol–water partition coefficient (Wildman–Crippen LogP) is 5.54. The number of carbonyl (C=O) groups is 3. The first kappa shape index (κ1) is 28.5. The molecular weight excluding hydrogens is 488 g/mol. The second-order valence-electron chi connectivity index (χ2n) is 15.9. The summed E-state index contributed by atoms with van der Waals surface area (Å²) in [7, 11) is 0. The van der Waals surface area contributed by atoms with Crippen LogP contribution in [0.3, 0.4) is 0 Å². The number of nitriles is 1. The van der Waals surface area contributed by atoms with E-state index in [1.165, 1.54) is 0 Å². The Balaban J connectivity index is 1.68. The summed E-state index contributed by atoms with van der Waals surface area (Å²) in [4.78, 5) is 41.6. The Morgan fingerprint density at radius 3 is 2.31 bits per heavy atom. The van der Waals surface area contributed by atoms with Crippen LogP contribution < -0.4 is 5.32 Å². The lowest BCUT2D eigenvalue weighted by molar-refractivity contribution is -0.187. The molecule has 0 radical (unpaired) electrons. The lowest BCUT2D eigenvalue weighted by Crippen LogP contribution is -2.68. The second kappa shape index (κ2) is 8.28. The standard InChI is InChI=1S/C33H48N2O4/c1-9-35-26(38)32-14-12-27(2,3)17-20(32)24-21(36)16-23-29(6)18-33(39,19-34)25(37)28(4,5)22(29)10-11-30(23,7)31(24,8)13-15-32/h16,20,22,24,39H,9-15,17-18H2,1-8H3,(H,35,38)/t20?,22-,24?,29-,30+,31+,32-,33-/m0/s1. The van der Waals surface area contributed by atoms with Crippen molar-refractivity contribution < 1.29 is 19.5 Å². The molecule has 5 rings (SSSR count). The van der Waals surface area contributed by atoms with E-state index in [1.807, 2.05) is 32.9 Å². The van der Waals surface area contributed by atoms with Gasteiger partial charge in [0, 0.05) is 24.3 Å². The van der Waals surface area contributed by atoms with Gasteiger partial charge in [0.2, 0.25) is 11.5 Å². The lowest BCUT2D eigenvalue weighted by Gasteiger charge is -2.70. The molecule has 5 aliphatic rings. The van der Waals surface area contributed by atoms with E-state index < -0.39 is 27.6 Å². The summed E-state index contributed by atoms with van der Waals surface area (Å²) >= 11 is 0. The van der Waals surface area contributed by atoms with Crippen molar-refractivity contribution in [2.24, 2.45) is 50.2 Å². The molecule has 4 fully saturated rings. The number of aliphatic hydroxyl groups is 1. The fraction of sp³-hybridized carbons (Fsp3) is 0.818. The molecular formula is C33H48N2O4. The number of rotatable bonds is 2. The molecule has 6 heteroatoms. The van der Waals surface area contributed by atoms with Crippen LogP contribution in [0.25, 0.3) is 0 Å². The van der Waals surface area contributed by atoms with Crippen LogP contribution in [-0.2, 0) is 14.4 Å². The molecule has 0 saturated heterocycles. The van der Waals surface area contributed by atoms with Gasteiger partial charge in [-0.3, -0.25) is 14.4 Å². The third-order valence-electron chi connectivity index (χ3n) is 13.1. The number of Topliss-reactive ketones (excluding diaryl/α,β-unsaturated/α-hetero) is 1. The number of ketones is 2. The van der Waals surface area contributed by atoms with Crippen LogP contribution in [0.15, 0.2) is 11.6 Å².